The van der Waals surface area contributed by atoms with Crippen LogP contribution in [-0.2, 0) is 11.3 Å². The van der Waals surface area contributed by atoms with Gasteiger partial charge in [0.1, 0.15) is 18.2 Å². The number of hydrogen-bond donors (Lipinski definition) is 1. The summed E-state index contributed by atoms with van der Waals surface area (Å²) in [5.74, 6) is 1.38. The third-order valence-corrected chi connectivity index (χ3v) is 4.83. The van der Waals surface area contributed by atoms with Crippen molar-refractivity contribution in [3.63, 3.8) is 0 Å². The zero-order valence-electron chi connectivity index (χ0n) is 17.1. The van der Waals surface area contributed by atoms with E-state index in [1.54, 1.807) is 13.1 Å². The highest BCUT2D eigenvalue weighted by molar-refractivity contribution is 5.79. The first-order valence-corrected chi connectivity index (χ1v) is 9.88. The van der Waals surface area contributed by atoms with Gasteiger partial charge in [-0.3, -0.25) is 4.99 Å². The zero-order chi connectivity index (χ0) is 20.5. The first-order valence-electron chi connectivity index (χ1n) is 9.88. The molecule has 0 bridgehead atoms. The summed E-state index contributed by atoms with van der Waals surface area (Å²) in [6.07, 6.45) is 0. The lowest BCUT2D eigenvalue weighted by atomic mass is 10.1. The Morgan fingerprint density at radius 2 is 1.97 bits per heavy atom. The molecule has 0 amide bonds. The second kappa shape index (κ2) is 10.7. The molecule has 6 nitrogen and oxygen atoms in total. The number of para-hydroxylation sites is 1. The van der Waals surface area contributed by atoms with Gasteiger partial charge in [0, 0.05) is 33.7 Å². The molecule has 29 heavy (non-hydrogen) atoms. The van der Waals surface area contributed by atoms with Gasteiger partial charge in [0.05, 0.1) is 25.4 Å². The van der Waals surface area contributed by atoms with Crippen molar-refractivity contribution in [2.45, 2.75) is 6.54 Å². The van der Waals surface area contributed by atoms with Crippen LogP contribution in [0.5, 0.6) is 5.75 Å². The van der Waals surface area contributed by atoms with Crippen molar-refractivity contribution >= 4 is 11.6 Å². The molecule has 7 heteroatoms. The molecular weight excluding hydrogens is 371 g/mol. The molecule has 156 valence electrons. The van der Waals surface area contributed by atoms with Gasteiger partial charge >= 0.3 is 0 Å². The summed E-state index contributed by atoms with van der Waals surface area (Å²) in [5.41, 5.74) is 1.51. The zero-order valence-corrected chi connectivity index (χ0v) is 17.1. The van der Waals surface area contributed by atoms with Crippen molar-refractivity contribution in [3.05, 3.63) is 59.9 Å². The molecule has 1 heterocycles. The number of halogens is 1. The molecule has 1 saturated heterocycles. The number of aliphatic imine (C=N–C) groups is 1. The lowest BCUT2D eigenvalue weighted by Gasteiger charge is -2.29. The van der Waals surface area contributed by atoms with E-state index >= 15 is 0 Å². The molecular formula is C22H29FN4O2. The average Bonchev–Trinajstić information content (AvgIpc) is 2.75. The van der Waals surface area contributed by atoms with E-state index in [-0.39, 0.29) is 5.82 Å². The molecule has 0 aromatic heterocycles. The van der Waals surface area contributed by atoms with Crippen LogP contribution in [0.1, 0.15) is 5.56 Å². The average molecular weight is 400 g/mol. The molecule has 0 spiro atoms. The molecule has 0 atom stereocenters. The summed E-state index contributed by atoms with van der Waals surface area (Å²) in [7, 11) is 3.69. The maximum Gasteiger partial charge on any atom is 0.193 e. The molecule has 0 unspecified atom stereocenters. The third-order valence-electron chi connectivity index (χ3n) is 4.83. The van der Waals surface area contributed by atoms with E-state index in [4.69, 9.17) is 9.47 Å². The Kier molecular flexibility index (Phi) is 7.69. The van der Waals surface area contributed by atoms with Crippen LogP contribution in [-0.4, -0.2) is 64.4 Å². The van der Waals surface area contributed by atoms with Gasteiger partial charge in [-0.05, 0) is 29.8 Å². The van der Waals surface area contributed by atoms with Gasteiger partial charge in [0.15, 0.2) is 5.96 Å². The van der Waals surface area contributed by atoms with Crippen molar-refractivity contribution in [1.29, 1.82) is 0 Å². The minimum atomic E-state index is -0.203. The SMILES string of the molecule is CN=C(NCc1ccc(N2CCOCC2)c(F)c1)N(C)CCOc1ccccc1. The molecule has 2 aromatic carbocycles. The number of likely N-dealkylation sites (N-methyl/N-ethyl adjacent to an activating group) is 1. The first kappa shape index (κ1) is 20.9. The van der Waals surface area contributed by atoms with E-state index in [1.165, 1.54) is 0 Å². The van der Waals surface area contributed by atoms with Crippen LogP contribution >= 0.6 is 0 Å². The number of nitrogens with one attached hydrogen (secondary N) is 1. The molecule has 1 N–H and O–H groups in total. The Morgan fingerprint density at radius 3 is 2.66 bits per heavy atom. The first-order chi connectivity index (χ1) is 14.2. The number of nitrogens with zero attached hydrogens (tertiary/aromatic N) is 3. The Labute approximate surface area is 171 Å². The van der Waals surface area contributed by atoms with Crippen LogP contribution in [0.3, 0.4) is 0 Å². The van der Waals surface area contributed by atoms with Crippen LogP contribution < -0.4 is 15.0 Å². The lowest BCUT2D eigenvalue weighted by molar-refractivity contribution is 0.122. The predicted molar refractivity (Wildman–Crippen MR) is 114 cm³/mol. The largest absolute Gasteiger partial charge is 0.492 e. The van der Waals surface area contributed by atoms with E-state index in [0.717, 1.165) is 30.4 Å². The van der Waals surface area contributed by atoms with Crippen LogP contribution in [0, 0.1) is 5.82 Å². The van der Waals surface area contributed by atoms with E-state index in [9.17, 15) is 4.39 Å². The van der Waals surface area contributed by atoms with Gasteiger partial charge in [-0.15, -0.1) is 0 Å². The van der Waals surface area contributed by atoms with E-state index in [1.807, 2.05) is 59.3 Å². The minimum absolute atomic E-state index is 0.203. The Morgan fingerprint density at radius 1 is 1.21 bits per heavy atom. The maximum atomic E-state index is 14.6. The van der Waals surface area contributed by atoms with Crippen molar-refractivity contribution in [2.75, 3.05) is 58.5 Å². The Hall–Kier alpha value is -2.80. The van der Waals surface area contributed by atoms with Crippen LogP contribution in [0.2, 0.25) is 0 Å². The molecule has 3 rings (SSSR count). The second-order valence-corrected chi connectivity index (χ2v) is 6.87. The monoisotopic (exact) mass is 400 g/mol. The number of guanidine groups is 1. The fourth-order valence-electron chi connectivity index (χ4n) is 3.21. The summed E-state index contributed by atoms with van der Waals surface area (Å²) >= 11 is 0. The molecule has 0 aliphatic carbocycles. The van der Waals surface area contributed by atoms with Crippen molar-refractivity contribution in [2.24, 2.45) is 4.99 Å². The van der Waals surface area contributed by atoms with Crippen LogP contribution in [0.4, 0.5) is 10.1 Å². The van der Waals surface area contributed by atoms with Gasteiger partial charge in [0.25, 0.3) is 0 Å². The normalized spacial score (nSPS) is 14.6. The number of ether oxygens (including phenoxy) is 2. The fourth-order valence-corrected chi connectivity index (χ4v) is 3.21. The van der Waals surface area contributed by atoms with E-state index in [2.05, 4.69) is 10.3 Å². The quantitative estimate of drug-likeness (QED) is 0.572. The van der Waals surface area contributed by atoms with Crippen LogP contribution in [0.15, 0.2) is 53.5 Å². The van der Waals surface area contributed by atoms with Gasteiger partial charge in [-0.2, -0.15) is 0 Å². The van der Waals surface area contributed by atoms with Crippen molar-refractivity contribution < 1.29 is 13.9 Å². The number of rotatable bonds is 7. The lowest BCUT2D eigenvalue weighted by Crippen LogP contribution is -2.40. The van der Waals surface area contributed by atoms with Gasteiger partial charge < -0.3 is 24.6 Å². The Bertz CT molecular complexity index is 795. The highest BCUT2D eigenvalue weighted by atomic mass is 19.1. The summed E-state index contributed by atoms with van der Waals surface area (Å²) in [6.45, 7) is 4.44. The van der Waals surface area contributed by atoms with Crippen molar-refractivity contribution in [1.82, 2.24) is 10.2 Å². The number of morpholine rings is 1. The van der Waals surface area contributed by atoms with Crippen LogP contribution in [0.25, 0.3) is 0 Å². The van der Waals surface area contributed by atoms with E-state index in [0.29, 0.717) is 38.6 Å². The molecule has 2 aromatic rings. The Balaban J connectivity index is 1.48. The minimum Gasteiger partial charge on any atom is -0.492 e. The highest BCUT2D eigenvalue weighted by Crippen LogP contribution is 2.21. The molecule has 0 radical (unpaired) electrons. The predicted octanol–water partition coefficient (Wildman–Crippen LogP) is 2.75. The number of hydrogen-bond acceptors (Lipinski definition) is 4. The molecule has 1 aliphatic rings. The van der Waals surface area contributed by atoms with Gasteiger partial charge in [0.2, 0.25) is 0 Å². The van der Waals surface area contributed by atoms with Gasteiger partial charge in [-0.25, -0.2) is 4.39 Å². The smallest absolute Gasteiger partial charge is 0.193 e. The molecule has 1 fully saturated rings. The second-order valence-electron chi connectivity index (χ2n) is 6.87. The summed E-state index contributed by atoms with van der Waals surface area (Å²) in [4.78, 5) is 8.31. The summed E-state index contributed by atoms with van der Waals surface area (Å²) in [5, 5.41) is 3.28. The topological polar surface area (TPSA) is 49.3 Å². The van der Waals surface area contributed by atoms with Crippen molar-refractivity contribution in [3.8, 4) is 5.75 Å². The fraction of sp³-hybridized carbons (Fsp3) is 0.409. The van der Waals surface area contributed by atoms with Gasteiger partial charge in [-0.1, -0.05) is 24.3 Å². The molecule has 0 saturated carbocycles. The third kappa shape index (κ3) is 6.09. The summed E-state index contributed by atoms with van der Waals surface area (Å²) in [6, 6.07) is 15.1. The maximum absolute atomic E-state index is 14.6. The highest BCUT2D eigenvalue weighted by Gasteiger charge is 2.15. The molecule has 1 aliphatic heterocycles. The number of benzene rings is 2. The summed E-state index contributed by atoms with van der Waals surface area (Å²) < 4.78 is 25.6. The number of anilines is 1. The standard InChI is InChI=1S/C22H29FN4O2/c1-24-22(26(2)10-15-29-19-6-4-3-5-7-19)25-17-18-8-9-21(20(23)16-18)27-11-13-28-14-12-27/h3-9,16H,10-15,17H2,1-2H3,(H,24,25). The van der Waals surface area contributed by atoms with E-state index < -0.39 is 0 Å².